The topological polar surface area (TPSA) is 80.0 Å². The van der Waals surface area contributed by atoms with E-state index in [4.69, 9.17) is 4.42 Å². The Morgan fingerprint density at radius 3 is 2.74 bits per heavy atom. The molecule has 1 aliphatic carbocycles. The second-order valence-electron chi connectivity index (χ2n) is 6.55. The molecule has 2 aliphatic rings. The highest BCUT2D eigenvalue weighted by atomic mass is 16.4. The molecule has 122 valence electrons. The lowest BCUT2D eigenvalue weighted by atomic mass is 10.1. The molecular weight excluding hydrogens is 292 g/mol. The van der Waals surface area contributed by atoms with Crippen molar-refractivity contribution in [2.45, 2.75) is 51.1 Å². The molecular formula is C16H22N6O. The number of nitrogens with zero attached hydrogens (tertiary/aromatic N) is 5. The average molecular weight is 314 g/mol. The molecule has 2 aromatic heterocycles. The van der Waals surface area contributed by atoms with Crippen LogP contribution >= 0.6 is 0 Å². The summed E-state index contributed by atoms with van der Waals surface area (Å²) in [6.07, 6.45) is 6.18. The molecule has 1 aliphatic heterocycles. The zero-order valence-electron chi connectivity index (χ0n) is 13.4. The van der Waals surface area contributed by atoms with Crippen molar-refractivity contribution in [3.05, 3.63) is 29.9 Å². The molecule has 2 aromatic rings. The molecule has 3 heterocycles. The van der Waals surface area contributed by atoms with Gasteiger partial charge < -0.3 is 9.73 Å². The van der Waals surface area contributed by atoms with E-state index < -0.39 is 0 Å². The number of rotatable bonds is 5. The molecule has 2 fully saturated rings. The highest BCUT2D eigenvalue weighted by Crippen LogP contribution is 2.39. The van der Waals surface area contributed by atoms with Gasteiger partial charge in [-0.1, -0.05) is 0 Å². The van der Waals surface area contributed by atoms with Gasteiger partial charge in [-0.3, -0.25) is 4.90 Å². The molecule has 0 amide bonds. The van der Waals surface area contributed by atoms with E-state index in [1.54, 1.807) is 6.33 Å². The minimum Gasteiger partial charge on any atom is -0.424 e. The number of likely N-dealkylation sites (tertiary alicyclic amines) is 1. The fourth-order valence-corrected chi connectivity index (χ4v) is 3.00. The van der Waals surface area contributed by atoms with Crippen molar-refractivity contribution < 1.29 is 4.42 Å². The Balaban J connectivity index is 1.26. The van der Waals surface area contributed by atoms with Crippen molar-refractivity contribution in [2.75, 3.05) is 18.4 Å². The molecule has 0 radical (unpaired) electrons. The van der Waals surface area contributed by atoms with Crippen LogP contribution < -0.4 is 5.32 Å². The smallest absolute Gasteiger partial charge is 0.230 e. The van der Waals surface area contributed by atoms with Crippen LogP contribution in [0, 0.1) is 6.92 Å². The molecule has 0 spiro atoms. The molecule has 1 saturated carbocycles. The largest absolute Gasteiger partial charge is 0.424 e. The van der Waals surface area contributed by atoms with E-state index in [9.17, 15) is 0 Å². The van der Waals surface area contributed by atoms with Crippen LogP contribution in [-0.2, 0) is 6.54 Å². The van der Waals surface area contributed by atoms with Gasteiger partial charge in [0.15, 0.2) is 0 Å². The van der Waals surface area contributed by atoms with Crippen LogP contribution in [0.1, 0.15) is 49.1 Å². The van der Waals surface area contributed by atoms with Gasteiger partial charge in [0.1, 0.15) is 12.1 Å². The third kappa shape index (κ3) is 3.67. The second kappa shape index (κ2) is 6.23. The highest BCUT2D eigenvalue weighted by Gasteiger charge is 2.29. The number of anilines is 1. The van der Waals surface area contributed by atoms with Crippen LogP contribution in [0.15, 0.2) is 16.8 Å². The van der Waals surface area contributed by atoms with Crippen LogP contribution in [0.25, 0.3) is 0 Å². The Kier molecular flexibility index (Phi) is 3.95. The summed E-state index contributed by atoms with van der Waals surface area (Å²) in [6.45, 7) is 4.81. The van der Waals surface area contributed by atoms with Gasteiger partial charge in [-0.25, -0.2) is 9.97 Å². The van der Waals surface area contributed by atoms with Crippen LogP contribution in [-0.4, -0.2) is 44.2 Å². The standard InChI is InChI=1S/C16H22N6O/c1-11-8-14(18-10-17-11)19-13-4-6-22(7-5-13)9-15-20-21-16(23-15)12-2-3-12/h8,10,12-13H,2-7,9H2,1H3,(H,17,18,19). The minimum absolute atomic E-state index is 0.463. The van der Waals surface area contributed by atoms with E-state index in [1.807, 2.05) is 13.0 Å². The summed E-state index contributed by atoms with van der Waals surface area (Å²) >= 11 is 0. The van der Waals surface area contributed by atoms with Crippen molar-refractivity contribution in [1.29, 1.82) is 0 Å². The molecule has 7 heteroatoms. The van der Waals surface area contributed by atoms with E-state index in [-0.39, 0.29) is 0 Å². The van der Waals surface area contributed by atoms with Crippen LogP contribution in [0.3, 0.4) is 0 Å². The summed E-state index contributed by atoms with van der Waals surface area (Å²) < 4.78 is 5.75. The number of hydrogen-bond donors (Lipinski definition) is 1. The maximum absolute atomic E-state index is 5.75. The van der Waals surface area contributed by atoms with Gasteiger partial charge in [-0.05, 0) is 32.6 Å². The molecule has 1 N–H and O–H groups in total. The van der Waals surface area contributed by atoms with Gasteiger partial charge in [-0.2, -0.15) is 0 Å². The first-order valence-electron chi connectivity index (χ1n) is 8.36. The molecule has 0 aromatic carbocycles. The lowest BCUT2D eigenvalue weighted by molar-refractivity contribution is 0.192. The highest BCUT2D eigenvalue weighted by molar-refractivity contribution is 5.35. The van der Waals surface area contributed by atoms with E-state index in [1.165, 1.54) is 12.8 Å². The second-order valence-corrected chi connectivity index (χ2v) is 6.55. The Hall–Kier alpha value is -2.02. The van der Waals surface area contributed by atoms with E-state index in [0.717, 1.165) is 55.8 Å². The molecule has 7 nitrogen and oxygen atoms in total. The van der Waals surface area contributed by atoms with Crippen molar-refractivity contribution in [1.82, 2.24) is 25.1 Å². The SMILES string of the molecule is Cc1cc(NC2CCN(Cc3nnc(C4CC4)o3)CC2)ncn1. The van der Waals surface area contributed by atoms with Crippen LogP contribution in [0.2, 0.25) is 0 Å². The molecule has 4 rings (SSSR count). The van der Waals surface area contributed by atoms with Crippen molar-refractivity contribution in [2.24, 2.45) is 0 Å². The predicted octanol–water partition coefficient (Wildman–Crippen LogP) is 2.12. The van der Waals surface area contributed by atoms with E-state index >= 15 is 0 Å². The van der Waals surface area contributed by atoms with Crippen molar-refractivity contribution in [3.63, 3.8) is 0 Å². The van der Waals surface area contributed by atoms with Gasteiger partial charge >= 0.3 is 0 Å². The maximum atomic E-state index is 5.75. The summed E-state index contributed by atoms with van der Waals surface area (Å²) in [5, 5.41) is 11.8. The first-order valence-corrected chi connectivity index (χ1v) is 8.36. The van der Waals surface area contributed by atoms with Gasteiger partial charge in [0, 0.05) is 36.8 Å². The summed E-state index contributed by atoms with van der Waals surface area (Å²) in [5.74, 6) is 3.03. The van der Waals surface area contributed by atoms with Crippen LogP contribution in [0.4, 0.5) is 5.82 Å². The zero-order chi connectivity index (χ0) is 15.6. The van der Waals surface area contributed by atoms with Gasteiger partial charge in [0.2, 0.25) is 11.8 Å². The van der Waals surface area contributed by atoms with E-state index in [0.29, 0.717) is 12.0 Å². The molecule has 0 unspecified atom stereocenters. The van der Waals surface area contributed by atoms with Crippen molar-refractivity contribution in [3.8, 4) is 0 Å². The fourth-order valence-electron chi connectivity index (χ4n) is 3.00. The van der Waals surface area contributed by atoms with Crippen LogP contribution in [0.5, 0.6) is 0 Å². The monoisotopic (exact) mass is 314 g/mol. The lowest BCUT2D eigenvalue weighted by Gasteiger charge is -2.31. The maximum Gasteiger partial charge on any atom is 0.230 e. The Labute approximate surface area is 135 Å². The van der Waals surface area contributed by atoms with Crippen molar-refractivity contribution >= 4 is 5.82 Å². The molecule has 1 saturated heterocycles. The molecule has 23 heavy (non-hydrogen) atoms. The van der Waals surface area contributed by atoms with Gasteiger partial charge in [-0.15, -0.1) is 10.2 Å². The first-order chi connectivity index (χ1) is 11.3. The lowest BCUT2D eigenvalue weighted by Crippen LogP contribution is -2.38. The normalized spacial score (nSPS) is 19.9. The average Bonchev–Trinajstić information content (AvgIpc) is 3.30. The Bertz CT molecular complexity index is 660. The summed E-state index contributed by atoms with van der Waals surface area (Å²) in [5.41, 5.74) is 0.989. The zero-order valence-corrected chi connectivity index (χ0v) is 13.4. The summed E-state index contributed by atoms with van der Waals surface area (Å²) in [4.78, 5) is 10.8. The number of piperidine rings is 1. The quantitative estimate of drug-likeness (QED) is 0.905. The summed E-state index contributed by atoms with van der Waals surface area (Å²) in [7, 11) is 0. The fraction of sp³-hybridized carbons (Fsp3) is 0.625. The third-order valence-electron chi connectivity index (χ3n) is 4.51. The predicted molar refractivity (Wildman–Crippen MR) is 85.0 cm³/mol. The molecule has 0 atom stereocenters. The number of aryl methyl sites for hydroxylation is 1. The Morgan fingerprint density at radius 1 is 1.17 bits per heavy atom. The minimum atomic E-state index is 0.463. The van der Waals surface area contributed by atoms with Gasteiger partial charge in [0.05, 0.1) is 6.54 Å². The Morgan fingerprint density at radius 2 is 2.00 bits per heavy atom. The number of aromatic nitrogens is 4. The van der Waals surface area contributed by atoms with Gasteiger partial charge in [0.25, 0.3) is 0 Å². The molecule has 0 bridgehead atoms. The van der Waals surface area contributed by atoms with E-state index in [2.05, 4.69) is 30.4 Å². The number of nitrogens with one attached hydrogen (secondary N) is 1. The third-order valence-corrected chi connectivity index (χ3v) is 4.51. The number of hydrogen-bond acceptors (Lipinski definition) is 7. The summed E-state index contributed by atoms with van der Waals surface area (Å²) in [6, 6.07) is 2.45. The first kappa shape index (κ1) is 14.6.